The molecule has 1 aromatic rings. The summed E-state index contributed by atoms with van der Waals surface area (Å²) in [4.78, 5) is 13.3. The molecule has 1 fully saturated rings. The van der Waals surface area contributed by atoms with E-state index in [-0.39, 0.29) is 5.84 Å². The van der Waals surface area contributed by atoms with Gasteiger partial charge in [-0.25, -0.2) is 9.98 Å². The molecule has 0 aromatic heterocycles. The van der Waals surface area contributed by atoms with E-state index in [0.29, 0.717) is 11.6 Å². The van der Waals surface area contributed by atoms with E-state index in [4.69, 9.17) is 69.6 Å². The number of hydrogen-bond donors (Lipinski definition) is 0. The number of hydrogen-bond acceptors (Lipinski definition) is 4. The zero-order valence-corrected chi connectivity index (χ0v) is 19.7. The molecule has 2 heterocycles. The number of halogens is 6. The first-order valence-electron chi connectivity index (χ1n) is 8.88. The summed E-state index contributed by atoms with van der Waals surface area (Å²) in [5.74, 6) is 0.134. The highest BCUT2D eigenvalue weighted by atomic mass is 35.6. The molecule has 2 aliphatic heterocycles. The molecule has 10 heteroatoms. The van der Waals surface area contributed by atoms with Crippen molar-refractivity contribution < 1.29 is 0 Å². The first-order chi connectivity index (χ1) is 13.1. The summed E-state index contributed by atoms with van der Waals surface area (Å²) in [6.07, 6.45) is 4.80. The third kappa shape index (κ3) is 5.60. The minimum atomic E-state index is -1.71. The van der Waals surface area contributed by atoms with Crippen LogP contribution >= 0.6 is 69.6 Å². The van der Waals surface area contributed by atoms with E-state index in [1.54, 1.807) is 12.4 Å². The summed E-state index contributed by atoms with van der Waals surface area (Å²) in [6, 6.07) is 7.71. The number of aliphatic imine (C=N–C) groups is 2. The third-order valence-corrected chi connectivity index (χ3v) is 6.16. The Kier molecular flexibility index (Phi) is 7.35. The van der Waals surface area contributed by atoms with E-state index in [9.17, 15) is 0 Å². The number of rotatable bonds is 3. The van der Waals surface area contributed by atoms with Crippen molar-refractivity contribution in [3.8, 4) is 0 Å². The van der Waals surface area contributed by atoms with Gasteiger partial charge in [0.15, 0.2) is 5.84 Å². The quantitative estimate of drug-likeness (QED) is 0.465. The van der Waals surface area contributed by atoms with Crippen LogP contribution in [0.2, 0.25) is 0 Å². The second kappa shape index (κ2) is 9.05. The van der Waals surface area contributed by atoms with Crippen LogP contribution in [0.15, 0.2) is 34.3 Å². The first-order valence-corrected chi connectivity index (χ1v) is 11.1. The van der Waals surface area contributed by atoms with Crippen molar-refractivity contribution in [1.29, 1.82) is 0 Å². The lowest BCUT2D eigenvalue weighted by Crippen LogP contribution is -2.46. The van der Waals surface area contributed by atoms with Gasteiger partial charge in [-0.2, -0.15) is 0 Å². The average Bonchev–Trinajstić information content (AvgIpc) is 2.62. The van der Waals surface area contributed by atoms with Crippen molar-refractivity contribution in [2.24, 2.45) is 9.98 Å². The van der Waals surface area contributed by atoms with Gasteiger partial charge < -0.3 is 9.80 Å². The monoisotopic (exact) mass is 502 g/mol. The molecule has 1 saturated heterocycles. The second-order valence-electron chi connectivity index (χ2n) is 7.02. The normalized spacial score (nSPS) is 24.4. The number of nitrogens with zero attached hydrogens (tertiary/aromatic N) is 4. The molecule has 0 amide bonds. The van der Waals surface area contributed by atoms with Crippen molar-refractivity contribution in [1.82, 2.24) is 9.80 Å². The molecular formula is C18H20Cl6N4. The molecule has 3 rings (SSSR count). The van der Waals surface area contributed by atoms with Crippen LogP contribution in [0.4, 0.5) is 0 Å². The Morgan fingerprint density at radius 1 is 1.07 bits per heavy atom. The summed E-state index contributed by atoms with van der Waals surface area (Å²) >= 11 is 36.3. The molecule has 0 bridgehead atoms. The Balaban J connectivity index is 1.93. The van der Waals surface area contributed by atoms with Gasteiger partial charge in [-0.1, -0.05) is 94.2 Å². The maximum absolute atomic E-state index is 6.07. The van der Waals surface area contributed by atoms with Gasteiger partial charge in [-0.3, -0.25) is 0 Å². The van der Waals surface area contributed by atoms with Crippen molar-refractivity contribution >= 4 is 81.8 Å². The Bertz CT molecular complexity index is 755. The maximum atomic E-state index is 6.07. The average molecular weight is 505 g/mol. The Morgan fingerprint density at radius 2 is 1.82 bits per heavy atom. The molecule has 154 valence electrons. The summed E-state index contributed by atoms with van der Waals surface area (Å²) in [7, 11) is 2.14. The van der Waals surface area contributed by atoms with Gasteiger partial charge in [0.05, 0.1) is 6.34 Å². The molecule has 28 heavy (non-hydrogen) atoms. The number of amidine groups is 1. The largest absolute Gasteiger partial charge is 0.335 e. The van der Waals surface area contributed by atoms with Crippen molar-refractivity contribution in [2.45, 2.75) is 39.1 Å². The van der Waals surface area contributed by atoms with Crippen LogP contribution in [0, 0.1) is 0 Å². The van der Waals surface area contributed by atoms with Crippen LogP contribution in [0.3, 0.4) is 0 Å². The van der Waals surface area contributed by atoms with Crippen molar-refractivity contribution in [3.63, 3.8) is 0 Å². The summed E-state index contributed by atoms with van der Waals surface area (Å²) in [5, 5.41) is 0. The predicted molar refractivity (Wildman–Crippen MR) is 122 cm³/mol. The maximum Gasteiger partial charge on any atom is 0.249 e. The Morgan fingerprint density at radius 3 is 2.46 bits per heavy atom. The Hall–Kier alpha value is 0.0600. The zero-order chi connectivity index (χ0) is 20.5. The van der Waals surface area contributed by atoms with Crippen LogP contribution in [-0.2, 0) is 3.79 Å². The van der Waals surface area contributed by atoms with Crippen molar-refractivity contribution in [3.05, 3.63) is 35.4 Å². The topological polar surface area (TPSA) is 31.2 Å². The lowest BCUT2D eigenvalue weighted by molar-refractivity contribution is 0.144. The minimum absolute atomic E-state index is 0.134. The molecule has 1 aromatic carbocycles. The third-order valence-electron chi connectivity index (χ3n) is 5.00. The smallest absolute Gasteiger partial charge is 0.249 e. The van der Waals surface area contributed by atoms with Crippen LogP contribution in [0.5, 0.6) is 0 Å². The number of alkyl halides is 6. The molecular weight excluding hydrogens is 485 g/mol. The first kappa shape index (κ1) is 22.7. The van der Waals surface area contributed by atoms with E-state index in [1.807, 2.05) is 23.1 Å². The number of benzene rings is 1. The van der Waals surface area contributed by atoms with E-state index >= 15 is 0 Å². The van der Waals surface area contributed by atoms with Gasteiger partial charge in [-0.05, 0) is 38.1 Å². The van der Waals surface area contributed by atoms with Gasteiger partial charge in [0, 0.05) is 18.2 Å². The molecule has 0 saturated carbocycles. The van der Waals surface area contributed by atoms with Crippen LogP contribution in [0.25, 0.3) is 0 Å². The minimum Gasteiger partial charge on any atom is -0.335 e. The molecule has 2 unspecified atom stereocenters. The lowest BCUT2D eigenvalue weighted by atomic mass is 10.0. The highest BCUT2D eigenvalue weighted by molar-refractivity contribution is 6.76. The van der Waals surface area contributed by atoms with Gasteiger partial charge in [0.25, 0.3) is 0 Å². The molecule has 2 atom stereocenters. The number of likely N-dealkylation sites (tertiary alicyclic amines) is 1. The van der Waals surface area contributed by atoms with Crippen LogP contribution < -0.4 is 0 Å². The molecule has 0 spiro atoms. The van der Waals surface area contributed by atoms with Crippen molar-refractivity contribution in [2.75, 3.05) is 20.1 Å². The molecule has 0 aliphatic carbocycles. The van der Waals surface area contributed by atoms with Crippen LogP contribution in [0.1, 0.15) is 36.6 Å². The number of piperidine rings is 1. The number of likely N-dealkylation sites (N-methyl/N-ethyl adjacent to an activating group) is 1. The van der Waals surface area contributed by atoms with Gasteiger partial charge in [0.1, 0.15) is 6.17 Å². The molecule has 0 N–H and O–H groups in total. The fourth-order valence-electron chi connectivity index (χ4n) is 3.47. The van der Waals surface area contributed by atoms with E-state index in [1.165, 1.54) is 12.8 Å². The fraction of sp³-hybridized carbons (Fsp3) is 0.556. The molecule has 4 nitrogen and oxygen atoms in total. The lowest BCUT2D eigenvalue weighted by Gasteiger charge is -2.39. The summed E-state index contributed by atoms with van der Waals surface area (Å²) in [6.45, 7) is 1.82. The highest BCUT2D eigenvalue weighted by Gasteiger charge is 2.35. The van der Waals surface area contributed by atoms with E-state index in [0.717, 1.165) is 25.1 Å². The van der Waals surface area contributed by atoms with E-state index < -0.39 is 13.8 Å². The van der Waals surface area contributed by atoms with Gasteiger partial charge in [-0.15, -0.1) is 0 Å². The predicted octanol–water partition coefficient (Wildman–Crippen LogP) is 6.11. The van der Waals surface area contributed by atoms with E-state index in [2.05, 4.69) is 21.9 Å². The van der Waals surface area contributed by atoms with Gasteiger partial charge >= 0.3 is 0 Å². The standard InChI is InChI=1S/C18H20Cl6N4/c1-27-8-3-2-7-14(27)10-28-11-25-16(18(22,23)24)26-15(28)12-5-4-6-13(9-12)17(19,20)21/h4-6,9,11,14-15H,2-3,7-8,10H2,1H3. The Labute approximate surface area is 195 Å². The fourth-order valence-corrected chi connectivity index (χ4v) is 4.11. The zero-order valence-electron chi connectivity index (χ0n) is 15.1. The molecule has 0 radical (unpaired) electrons. The summed E-state index contributed by atoms with van der Waals surface area (Å²) in [5.41, 5.74) is 1.39. The van der Waals surface area contributed by atoms with Crippen LogP contribution in [-0.4, -0.2) is 51.9 Å². The SMILES string of the molecule is CN1CCCCC1CN1C=NC(C(Cl)(Cl)Cl)=NC1c1cccc(C(Cl)(Cl)Cl)c1. The van der Waals surface area contributed by atoms with Gasteiger partial charge in [0.2, 0.25) is 7.59 Å². The summed E-state index contributed by atoms with van der Waals surface area (Å²) < 4.78 is -3.25. The molecule has 2 aliphatic rings. The second-order valence-corrected chi connectivity index (χ2v) is 11.6. The highest BCUT2D eigenvalue weighted by Crippen LogP contribution is 2.40.